The highest BCUT2D eigenvalue weighted by Crippen LogP contribution is 2.21. The average Bonchev–Trinajstić information content (AvgIpc) is 3.11. The molecule has 0 radical (unpaired) electrons. The lowest BCUT2D eigenvalue weighted by molar-refractivity contribution is 0.699. The number of hydrogen-bond acceptors (Lipinski definition) is 4. The first-order valence-electron chi connectivity index (χ1n) is 6.96. The number of halogens is 1. The van der Waals surface area contributed by atoms with Crippen molar-refractivity contribution in [1.82, 2.24) is 10.3 Å². The third-order valence-electron chi connectivity index (χ3n) is 3.50. The summed E-state index contributed by atoms with van der Waals surface area (Å²) in [5, 5.41) is 3.45. The molecule has 1 aliphatic heterocycles. The number of nitrogens with zero attached hydrogens (tertiary/aromatic N) is 2. The molecule has 2 aromatic heterocycles. The lowest BCUT2D eigenvalue weighted by atomic mass is 10.2. The molecule has 0 aliphatic carbocycles. The second-order valence-electron chi connectivity index (χ2n) is 5.03. The first-order chi connectivity index (χ1) is 9.81. The lowest BCUT2D eigenvalue weighted by Gasteiger charge is -2.16. The van der Waals surface area contributed by atoms with Crippen molar-refractivity contribution in [3.05, 3.63) is 45.2 Å². The van der Waals surface area contributed by atoms with E-state index in [1.54, 1.807) is 11.3 Å². The zero-order valence-corrected chi connectivity index (χ0v) is 12.9. The lowest BCUT2D eigenvalue weighted by Crippen LogP contribution is -2.19. The summed E-state index contributed by atoms with van der Waals surface area (Å²) in [6, 6.07) is 8.29. The van der Waals surface area contributed by atoms with Crippen LogP contribution in [0.3, 0.4) is 0 Å². The van der Waals surface area contributed by atoms with Crippen molar-refractivity contribution in [3.63, 3.8) is 0 Å². The third-order valence-corrected chi connectivity index (χ3v) is 4.73. The van der Waals surface area contributed by atoms with E-state index in [4.69, 9.17) is 11.6 Å². The van der Waals surface area contributed by atoms with Crippen LogP contribution in [0.4, 0.5) is 5.82 Å². The van der Waals surface area contributed by atoms with Gasteiger partial charge in [0.2, 0.25) is 0 Å². The quantitative estimate of drug-likeness (QED) is 0.913. The van der Waals surface area contributed by atoms with Gasteiger partial charge < -0.3 is 10.2 Å². The molecule has 0 atom stereocenters. The number of rotatable bonds is 5. The SMILES string of the molecule is Clc1ccc(CNCc2ccnc(N3CCCC3)c2)s1. The molecule has 1 aliphatic rings. The molecule has 0 unspecified atom stereocenters. The second kappa shape index (κ2) is 6.57. The maximum absolute atomic E-state index is 5.93. The summed E-state index contributed by atoms with van der Waals surface area (Å²) in [7, 11) is 0. The van der Waals surface area contributed by atoms with Crippen LogP contribution in [0, 0.1) is 0 Å². The van der Waals surface area contributed by atoms with Crippen molar-refractivity contribution in [2.24, 2.45) is 0 Å². The van der Waals surface area contributed by atoms with E-state index in [1.807, 2.05) is 12.3 Å². The minimum atomic E-state index is 0.849. The Morgan fingerprint density at radius 1 is 1.20 bits per heavy atom. The fourth-order valence-corrected chi connectivity index (χ4v) is 3.52. The maximum Gasteiger partial charge on any atom is 0.128 e. The smallest absolute Gasteiger partial charge is 0.128 e. The fraction of sp³-hybridized carbons (Fsp3) is 0.400. The van der Waals surface area contributed by atoms with E-state index in [-0.39, 0.29) is 0 Å². The first kappa shape index (κ1) is 13.9. The van der Waals surface area contributed by atoms with Crippen molar-refractivity contribution in [2.45, 2.75) is 25.9 Å². The van der Waals surface area contributed by atoms with E-state index < -0.39 is 0 Å². The Hall–Kier alpha value is -1.10. The Morgan fingerprint density at radius 2 is 2.05 bits per heavy atom. The van der Waals surface area contributed by atoms with Gasteiger partial charge in [0, 0.05) is 37.3 Å². The predicted molar refractivity (Wildman–Crippen MR) is 85.6 cm³/mol. The number of pyridine rings is 1. The van der Waals surface area contributed by atoms with E-state index in [1.165, 1.54) is 23.3 Å². The van der Waals surface area contributed by atoms with E-state index >= 15 is 0 Å². The van der Waals surface area contributed by atoms with E-state index in [2.05, 4.69) is 33.4 Å². The number of anilines is 1. The summed E-state index contributed by atoms with van der Waals surface area (Å²) in [5.41, 5.74) is 1.28. The van der Waals surface area contributed by atoms with Gasteiger partial charge in [-0.15, -0.1) is 11.3 Å². The molecule has 3 nitrogen and oxygen atoms in total. The van der Waals surface area contributed by atoms with Crippen LogP contribution in [0.25, 0.3) is 0 Å². The van der Waals surface area contributed by atoms with Crippen LogP contribution in [0.1, 0.15) is 23.3 Å². The summed E-state index contributed by atoms with van der Waals surface area (Å²) in [6.45, 7) is 3.99. The van der Waals surface area contributed by atoms with Crippen LogP contribution in [0.5, 0.6) is 0 Å². The first-order valence-corrected chi connectivity index (χ1v) is 8.15. The highest BCUT2D eigenvalue weighted by Gasteiger charge is 2.13. The Kier molecular flexibility index (Phi) is 4.55. The summed E-state index contributed by atoms with van der Waals surface area (Å²) in [4.78, 5) is 8.10. The van der Waals surface area contributed by atoms with Crippen molar-refractivity contribution in [1.29, 1.82) is 0 Å². The Balaban J connectivity index is 1.55. The molecule has 20 heavy (non-hydrogen) atoms. The van der Waals surface area contributed by atoms with Gasteiger partial charge in [0.25, 0.3) is 0 Å². The van der Waals surface area contributed by atoms with Gasteiger partial charge in [-0.05, 0) is 42.7 Å². The zero-order chi connectivity index (χ0) is 13.8. The van der Waals surface area contributed by atoms with Gasteiger partial charge in [-0.3, -0.25) is 0 Å². The van der Waals surface area contributed by atoms with Crippen LogP contribution in [-0.4, -0.2) is 18.1 Å². The van der Waals surface area contributed by atoms with Gasteiger partial charge in [-0.25, -0.2) is 4.98 Å². The molecule has 1 N–H and O–H groups in total. The highest BCUT2D eigenvalue weighted by molar-refractivity contribution is 7.16. The van der Waals surface area contributed by atoms with Crippen LogP contribution in [0.2, 0.25) is 4.34 Å². The molecule has 1 saturated heterocycles. The minimum absolute atomic E-state index is 0.849. The normalized spacial score (nSPS) is 14.9. The molecule has 106 valence electrons. The molecule has 0 aromatic carbocycles. The Morgan fingerprint density at radius 3 is 2.80 bits per heavy atom. The molecule has 3 rings (SSSR count). The number of thiophene rings is 1. The van der Waals surface area contributed by atoms with Crippen molar-refractivity contribution in [2.75, 3.05) is 18.0 Å². The standard InChI is InChI=1S/C15H18ClN3S/c16-14-4-3-13(20-14)11-17-10-12-5-6-18-15(9-12)19-7-1-2-8-19/h3-6,9,17H,1-2,7-8,10-11H2. The molecular weight excluding hydrogens is 290 g/mol. The monoisotopic (exact) mass is 307 g/mol. The topological polar surface area (TPSA) is 28.2 Å². The molecule has 0 amide bonds. The van der Waals surface area contributed by atoms with E-state index in [0.29, 0.717) is 0 Å². The highest BCUT2D eigenvalue weighted by atomic mass is 35.5. The predicted octanol–water partition coefficient (Wildman–Crippen LogP) is 3.69. The van der Waals surface area contributed by atoms with Crippen LogP contribution < -0.4 is 10.2 Å². The zero-order valence-electron chi connectivity index (χ0n) is 11.3. The molecule has 1 fully saturated rings. The molecule has 3 heterocycles. The Bertz CT molecular complexity index is 564. The fourth-order valence-electron chi connectivity index (χ4n) is 2.47. The van der Waals surface area contributed by atoms with Crippen LogP contribution in [0.15, 0.2) is 30.5 Å². The maximum atomic E-state index is 5.93. The van der Waals surface area contributed by atoms with Crippen LogP contribution in [-0.2, 0) is 13.1 Å². The molecule has 0 saturated carbocycles. The van der Waals surface area contributed by atoms with E-state index in [9.17, 15) is 0 Å². The summed E-state index contributed by atoms with van der Waals surface area (Å²) < 4.78 is 0.849. The summed E-state index contributed by atoms with van der Waals surface area (Å²) in [5.74, 6) is 1.11. The van der Waals surface area contributed by atoms with Gasteiger partial charge in [0.15, 0.2) is 0 Å². The third kappa shape index (κ3) is 3.51. The van der Waals surface area contributed by atoms with Crippen molar-refractivity contribution >= 4 is 28.8 Å². The summed E-state index contributed by atoms with van der Waals surface area (Å²) in [6.07, 6.45) is 4.47. The number of aromatic nitrogens is 1. The molecular formula is C15H18ClN3S. The molecule has 0 spiro atoms. The molecule has 2 aromatic rings. The minimum Gasteiger partial charge on any atom is -0.357 e. The van der Waals surface area contributed by atoms with Gasteiger partial charge in [-0.2, -0.15) is 0 Å². The van der Waals surface area contributed by atoms with Gasteiger partial charge in [0.05, 0.1) is 4.34 Å². The van der Waals surface area contributed by atoms with Crippen molar-refractivity contribution in [3.8, 4) is 0 Å². The number of hydrogen-bond donors (Lipinski definition) is 1. The molecule has 5 heteroatoms. The second-order valence-corrected chi connectivity index (χ2v) is 6.83. The van der Waals surface area contributed by atoms with Crippen LogP contribution >= 0.6 is 22.9 Å². The number of nitrogens with one attached hydrogen (secondary N) is 1. The largest absolute Gasteiger partial charge is 0.357 e. The van der Waals surface area contributed by atoms with Gasteiger partial charge in [-0.1, -0.05) is 11.6 Å². The molecule has 0 bridgehead atoms. The Labute approximate surface area is 128 Å². The van der Waals surface area contributed by atoms with Gasteiger partial charge >= 0.3 is 0 Å². The summed E-state index contributed by atoms with van der Waals surface area (Å²) >= 11 is 7.56. The van der Waals surface area contributed by atoms with Crippen molar-refractivity contribution < 1.29 is 0 Å². The van der Waals surface area contributed by atoms with Gasteiger partial charge in [0.1, 0.15) is 5.82 Å². The average molecular weight is 308 g/mol. The van der Waals surface area contributed by atoms with E-state index in [0.717, 1.165) is 36.3 Å².